The molecule has 19 heavy (non-hydrogen) atoms. The first-order valence-corrected chi connectivity index (χ1v) is 6.68. The van der Waals surface area contributed by atoms with Gasteiger partial charge in [0.2, 0.25) is 5.91 Å². The van der Waals surface area contributed by atoms with Gasteiger partial charge in [0.25, 0.3) is 0 Å². The van der Waals surface area contributed by atoms with E-state index in [9.17, 15) is 9.59 Å². The van der Waals surface area contributed by atoms with Crippen LogP contribution in [0.2, 0.25) is 10.0 Å². The van der Waals surface area contributed by atoms with E-state index in [1.807, 2.05) is 0 Å². The molecule has 2 atom stereocenters. The van der Waals surface area contributed by atoms with Crippen LogP contribution in [-0.4, -0.2) is 29.9 Å². The maximum absolute atomic E-state index is 12.1. The third-order valence-electron chi connectivity index (χ3n) is 3.08. The summed E-state index contributed by atoms with van der Waals surface area (Å²) in [5, 5.41) is 11.9. The number of hydrogen-bond donors (Lipinski definition) is 2. The van der Waals surface area contributed by atoms with Crippen LogP contribution < -0.4 is 5.32 Å². The van der Waals surface area contributed by atoms with Crippen LogP contribution in [-0.2, 0) is 4.79 Å². The summed E-state index contributed by atoms with van der Waals surface area (Å²) in [4.78, 5) is 23.7. The second-order valence-electron chi connectivity index (χ2n) is 4.46. The maximum atomic E-state index is 12.1. The van der Waals surface area contributed by atoms with Crippen LogP contribution in [0.5, 0.6) is 0 Å². The molecule has 1 fully saturated rings. The van der Waals surface area contributed by atoms with Crippen molar-refractivity contribution in [1.29, 1.82) is 0 Å². The summed E-state index contributed by atoms with van der Waals surface area (Å²) in [6.45, 7) is 0.104. The number of benzene rings is 1. The fourth-order valence-electron chi connectivity index (χ4n) is 1.95. The highest BCUT2D eigenvalue weighted by atomic mass is 35.5. The molecule has 1 amide bonds. The summed E-state index contributed by atoms with van der Waals surface area (Å²) in [7, 11) is 0. The lowest BCUT2D eigenvalue weighted by Gasteiger charge is -2.03. The molecular formula is C13H13Cl2NO3. The molecule has 1 aromatic carbocycles. The van der Waals surface area contributed by atoms with Gasteiger partial charge in [-0.3, -0.25) is 9.59 Å². The van der Waals surface area contributed by atoms with E-state index in [1.54, 1.807) is 12.1 Å². The highest BCUT2D eigenvalue weighted by Crippen LogP contribution is 2.41. The SMILES string of the molecule is O=C(NCCO)[C@H]1C[C@@H]1C(=O)c1ccc(Cl)c(Cl)c1. The van der Waals surface area contributed by atoms with E-state index in [-0.39, 0.29) is 36.7 Å². The van der Waals surface area contributed by atoms with Gasteiger partial charge in [0.15, 0.2) is 5.78 Å². The Morgan fingerprint density at radius 1 is 1.26 bits per heavy atom. The van der Waals surface area contributed by atoms with E-state index < -0.39 is 0 Å². The van der Waals surface area contributed by atoms with Gasteiger partial charge in [-0.15, -0.1) is 0 Å². The molecular weight excluding hydrogens is 289 g/mol. The monoisotopic (exact) mass is 301 g/mol. The fourth-order valence-corrected chi connectivity index (χ4v) is 2.25. The normalized spacial score (nSPS) is 21.0. The van der Waals surface area contributed by atoms with E-state index in [1.165, 1.54) is 6.07 Å². The first-order chi connectivity index (χ1) is 9.04. The average Bonchev–Trinajstić information content (AvgIpc) is 3.18. The molecule has 0 bridgehead atoms. The largest absolute Gasteiger partial charge is 0.395 e. The minimum Gasteiger partial charge on any atom is -0.395 e. The van der Waals surface area contributed by atoms with Gasteiger partial charge in [0.05, 0.1) is 16.7 Å². The molecule has 1 aliphatic carbocycles. The first-order valence-electron chi connectivity index (χ1n) is 5.92. The summed E-state index contributed by atoms with van der Waals surface area (Å²) in [5.74, 6) is -0.875. The Morgan fingerprint density at radius 2 is 2.00 bits per heavy atom. The molecule has 0 aliphatic heterocycles. The molecule has 0 aromatic heterocycles. The van der Waals surface area contributed by atoms with Gasteiger partial charge in [-0.2, -0.15) is 0 Å². The summed E-state index contributed by atoms with van der Waals surface area (Å²) in [5.41, 5.74) is 0.469. The Balaban J connectivity index is 1.99. The molecule has 4 nitrogen and oxygen atoms in total. The van der Waals surface area contributed by atoms with Crippen LogP contribution in [0.4, 0.5) is 0 Å². The number of ketones is 1. The van der Waals surface area contributed by atoms with Gasteiger partial charge in [0.1, 0.15) is 0 Å². The second-order valence-corrected chi connectivity index (χ2v) is 5.27. The van der Waals surface area contributed by atoms with Crippen molar-refractivity contribution >= 4 is 34.9 Å². The van der Waals surface area contributed by atoms with Gasteiger partial charge < -0.3 is 10.4 Å². The fraction of sp³-hybridized carbons (Fsp3) is 0.385. The molecule has 0 saturated heterocycles. The van der Waals surface area contributed by atoms with Crippen LogP contribution in [0.25, 0.3) is 0 Å². The van der Waals surface area contributed by atoms with Gasteiger partial charge in [-0.25, -0.2) is 0 Å². The standard InChI is InChI=1S/C13H13Cl2NO3/c14-10-2-1-7(5-11(10)15)12(18)8-6-9(8)13(19)16-3-4-17/h1-2,5,8-9,17H,3-4,6H2,(H,16,19)/t8-,9-/m0/s1. The van der Waals surface area contributed by atoms with Crippen molar-refractivity contribution in [2.24, 2.45) is 11.8 Å². The summed E-state index contributed by atoms with van der Waals surface area (Å²) < 4.78 is 0. The van der Waals surface area contributed by atoms with Crippen molar-refractivity contribution in [2.75, 3.05) is 13.2 Å². The summed E-state index contributed by atoms with van der Waals surface area (Å²) in [6, 6.07) is 4.70. The first kappa shape index (κ1) is 14.3. The number of aliphatic hydroxyl groups excluding tert-OH is 1. The van der Waals surface area contributed by atoms with Crippen molar-refractivity contribution < 1.29 is 14.7 Å². The molecule has 0 unspecified atom stereocenters. The average molecular weight is 302 g/mol. The summed E-state index contributed by atoms with van der Waals surface area (Å²) >= 11 is 11.6. The number of nitrogens with one attached hydrogen (secondary N) is 1. The Kier molecular flexibility index (Phi) is 4.45. The molecule has 1 aliphatic rings. The highest BCUT2D eigenvalue weighted by molar-refractivity contribution is 6.42. The zero-order valence-corrected chi connectivity index (χ0v) is 11.5. The molecule has 1 aromatic rings. The zero-order chi connectivity index (χ0) is 14.0. The summed E-state index contributed by atoms with van der Waals surface area (Å²) in [6.07, 6.45) is 0.538. The number of amides is 1. The molecule has 0 spiro atoms. The van der Waals surface area contributed by atoms with Gasteiger partial charge in [0, 0.05) is 23.9 Å². The van der Waals surface area contributed by atoms with Crippen molar-refractivity contribution in [2.45, 2.75) is 6.42 Å². The molecule has 6 heteroatoms. The Morgan fingerprint density at radius 3 is 2.63 bits per heavy atom. The predicted molar refractivity (Wildman–Crippen MR) is 72.5 cm³/mol. The number of carbonyl (C=O) groups excluding carboxylic acids is 2. The van der Waals surface area contributed by atoms with Crippen LogP contribution >= 0.6 is 23.2 Å². The van der Waals surface area contributed by atoms with Crippen molar-refractivity contribution in [1.82, 2.24) is 5.32 Å². The third kappa shape index (κ3) is 3.26. The zero-order valence-electron chi connectivity index (χ0n) is 10.0. The van der Waals surface area contributed by atoms with Crippen molar-refractivity contribution in [3.63, 3.8) is 0 Å². The van der Waals surface area contributed by atoms with Crippen molar-refractivity contribution in [3.8, 4) is 0 Å². The Labute approximate surface area is 120 Å². The minimum atomic E-state index is -0.298. The molecule has 0 radical (unpaired) electrons. The number of hydrogen-bond acceptors (Lipinski definition) is 3. The van der Waals surface area contributed by atoms with Crippen LogP contribution in [0.15, 0.2) is 18.2 Å². The quantitative estimate of drug-likeness (QED) is 0.817. The van der Waals surface area contributed by atoms with E-state index in [0.717, 1.165) is 0 Å². The lowest BCUT2D eigenvalue weighted by atomic mass is 10.1. The van der Waals surface area contributed by atoms with E-state index in [4.69, 9.17) is 28.3 Å². The van der Waals surface area contributed by atoms with E-state index >= 15 is 0 Å². The van der Waals surface area contributed by atoms with Gasteiger partial charge >= 0.3 is 0 Å². The Bertz CT molecular complexity index is 519. The lowest BCUT2D eigenvalue weighted by Crippen LogP contribution is -2.28. The number of rotatable bonds is 5. The molecule has 1 saturated carbocycles. The van der Waals surface area contributed by atoms with E-state index in [2.05, 4.69) is 5.32 Å². The molecule has 102 valence electrons. The minimum absolute atomic E-state index is 0.0947. The van der Waals surface area contributed by atoms with E-state index in [0.29, 0.717) is 22.0 Å². The number of carbonyl (C=O) groups is 2. The maximum Gasteiger partial charge on any atom is 0.223 e. The van der Waals surface area contributed by atoms with Crippen LogP contribution in [0.3, 0.4) is 0 Å². The van der Waals surface area contributed by atoms with Crippen LogP contribution in [0, 0.1) is 11.8 Å². The van der Waals surface area contributed by atoms with Crippen LogP contribution in [0.1, 0.15) is 16.8 Å². The molecule has 2 rings (SSSR count). The number of aliphatic hydroxyl groups is 1. The molecule has 0 heterocycles. The van der Waals surface area contributed by atoms with Gasteiger partial charge in [-0.1, -0.05) is 23.2 Å². The highest BCUT2D eigenvalue weighted by Gasteiger charge is 2.47. The topological polar surface area (TPSA) is 66.4 Å². The second kappa shape index (κ2) is 5.90. The smallest absolute Gasteiger partial charge is 0.223 e. The van der Waals surface area contributed by atoms with Crippen molar-refractivity contribution in [3.05, 3.63) is 33.8 Å². The van der Waals surface area contributed by atoms with Gasteiger partial charge in [-0.05, 0) is 24.6 Å². The predicted octanol–water partition coefficient (Wildman–Crippen LogP) is 1.92. The number of halogens is 2. The third-order valence-corrected chi connectivity index (χ3v) is 3.82. The Hall–Kier alpha value is -1.10. The lowest BCUT2D eigenvalue weighted by molar-refractivity contribution is -0.122. The number of Topliss-reactive ketones (excluding diaryl/α,β-unsaturated/α-hetero) is 1. The molecule has 2 N–H and O–H groups in total.